The summed E-state index contributed by atoms with van der Waals surface area (Å²) < 4.78 is 6.21. The normalized spacial score (nSPS) is 28.7. The maximum Gasteiger partial charge on any atom is 0.161 e. The van der Waals surface area contributed by atoms with Gasteiger partial charge in [0, 0.05) is 54.7 Å². The zero-order chi connectivity index (χ0) is 34.0. The number of allylic oxidation sites excluding steroid dienone is 4. The molecule has 260 valence electrons. The van der Waals surface area contributed by atoms with E-state index in [0.717, 1.165) is 43.4 Å². The Morgan fingerprint density at radius 1 is 1.10 bits per heavy atom. The lowest BCUT2D eigenvalue weighted by Crippen LogP contribution is -2.40. The van der Waals surface area contributed by atoms with Crippen LogP contribution in [0, 0.1) is 35.5 Å². The number of dihydropyridines is 1. The van der Waals surface area contributed by atoms with Gasteiger partial charge in [-0.05, 0) is 99.3 Å². The summed E-state index contributed by atoms with van der Waals surface area (Å²) >= 11 is 0. The van der Waals surface area contributed by atoms with Gasteiger partial charge in [-0.1, -0.05) is 43.1 Å². The van der Waals surface area contributed by atoms with Crippen LogP contribution in [0.25, 0.3) is 0 Å². The van der Waals surface area contributed by atoms with Gasteiger partial charge in [-0.2, -0.15) is 0 Å². The van der Waals surface area contributed by atoms with Crippen molar-refractivity contribution in [3.63, 3.8) is 0 Å². The number of aliphatic hydroxyl groups excluding tert-OH is 3. The van der Waals surface area contributed by atoms with Crippen molar-refractivity contribution in [2.24, 2.45) is 29.4 Å². The molecule has 0 saturated carbocycles. The monoisotopic (exact) mass is 658 g/mol. The number of benzene rings is 1. The number of phenols is 1. The number of nitrogens with one attached hydrogen (secondary N) is 3. The maximum atomic E-state index is 11.6. The number of fused-ring (bicyclic) bond motifs is 1. The third kappa shape index (κ3) is 9.70. The lowest BCUT2D eigenvalue weighted by molar-refractivity contribution is -0.00825. The minimum Gasteiger partial charge on any atom is -0.504 e. The Balaban J connectivity index is 1.29. The number of nitrogens with two attached hydrogens (primary N) is 1. The molecule has 0 fully saturated rings. The van der Waals surface area contributed by atoms with E-state index < -0.39 is 24.2 Å². The van der Waals surface area contributed by atoms with E-state index in [-0.39, 0.29) is 35.5 Å². The Morgan fingerprint density at radius 2 is 1.96 bits per heavy atom. The summed E-state index contributed by atoms with van der Waals surface area (Å²) in [6, 6.07) is 9.62. The van der Waals surface area contributed by atoms with Crippen LogP contribution in [0.4, 0.5) is 0 Å². The Labute approximate surface area is 285 Å². The van der Waals surface area contributed by atoms with Crippen LogP contribution in [0.3, 0.4) is 0 Å². The molecule has 5 rings (SSSR count). The molecule has 0 radical (unpaired) electrons. The zero-order valence-electron chi connectivity index (χ0n) is 28.3. The molecule has 9 unspecified atom stereocenters. The van der Waals surface area contributed by atoms with E-state index in [4.69, 9.17) is 10.5 Å². The summed E-state index contributed by atoms with van der Waals surface area (Å²) in [6.45, 7) is 5.50. The number of rotatable bonds is 12. The first-order chi connectivity index (χ1) is 23.2. The standard InChI is InChI=1S/C39H54N4O5/c1-3-26-6-7-27-8-9-28(21-36(47)39(27)35(46)13-11-33(19-26)43-24-25(2)44)29-10-12-34(45)37(22-29)48-18-15-31(20-32-5-4-16-41-32)30-14-17-42-38(40)23-30/h4-5,8-10,12,14,16,22-23,25-28,31,33,35-36,39,41-47H,3,11,13,15,17-21,24,40H2,1-2H3. The molecule has 0 bridgehead atoms. The third-order valence-electron chi connectivity index (χ3n) is 10.1. The fraction of sp³-hybridized carbons (Fsp3) is 0.538. The lowest BCUT2D eigenvalue weighted by atomic mass is 9.78. The summed E-state index contributed by atoms with van der Waals surface area (Å²) in [7, 11) is 0. The van der Waals surface area contributed by atoms with Crippen LogP contribution in [0.5, 0.6) is 11.5 Å². The van der Waals surface area contributed by atoms with Gasteiger partial charge in [-0.25, -0.2) is 0 Å². The third-order valence-corrected chi connectivity index (χ3v) is 10.1. The molecule has 9 heteroatoms. The Kier molecular flexibility index (Phi) is 12.7. The van der Waals surface area contributed by atoms with E-state index in [1.54, 1.807) is 13.0 Å². The Morgan fingerprint density at radius 3 is 2.71 bits per heavy atom. The average molecular weight is 659 g/mol. The number of hydrogen-bond acceptors (Lipinski definition) is 8. The predicted octanol–water partition coefficient (Wildman–Crippen LogP) is 4.23. The molecule has 2 aliphatic carbocycles. The highest BCUT2D eigenvalue weighted by atomic mass is 16.5. The molecule has 1 aliphatic heterocycles. The molecule has 9 N–H and O–H groups in total. The van der Waals surface area contributed by atoms with Gasteiger partial charge in [-0.3, -0.25) is 0 Å². The minimum atomic E-state index is -0.770. The predicted molar refractivity (Wildman–Crippen MR) is 189 cm³/mol. The maximum absolute atomic E-state index is 11.6. The molecule has 1 aromatic carbocycles. The molecule has 0 saturated heterocycles. The van der Waals surface area contributed by atoms with Crippen LogP contribution in [0.1, 0.15) is 69.5 Å². The number of aromatic hydroxyl groups is 1. The van der Waals surface area contributed by atoms with Crippen molar-refractivity contribution >= 4 is 0 Å². The van der Waals surface area contributed by atoms with Gasteiger partial charge in [0.1, 0.15) is 0 Å². The minimum absolute atomic E-state index is 0.0721. The highest BCUT2D eigenvalue weighted by Crippen LogP contribution is 2.39. The highest BCUT2D eigenvalue weighted by molar-refractivity contribution is 5.44. The van der Waals surface area contributed by atoms with Crippen molar-refractivity contribution in [2.45, 2.75) is 89.1 Å². The number of aliphatic hydroxyl groups is 3. The van der Waals surface area contributed by atoms with E-state index in [1.807, 2.05) is 30.5 Å². The van der Waals surface area contributed by atoms with Crippen molar-refractivity contribution < 1.29 is 25.2 Å². The quantitative estimate of drug-likeness (QED) is 0.125. The van der Waals surface area contributed by atoms with Crippen LogP contribution in [0.2, 0.25) is 0 Å². The molecule has 2 heterocycles. The Bertz CT molecular complexity index is 1470. The molecule has 2 aromatic rings. The van der Waals surface area contributed by atoms with Crippen molar-refractivity contribution in [3.8, 4) is 23.3 Å². The van der Waals surface area contributed by atoms with Crippen molar-refractivity contribution in [3.05, 3.63) is 83.5 Å². The van der Waals surface area contributed by atoms with E-state index in [2.05, 4.69) is 58.7 Å². The topological polar surface area (TPSA) is 156 Å². The number of hydrogen-bond donors (Lipinski definition) is 8. The van der Waals surface area contributed by atoms with E-state index >= 15 is 0 Å². The number of phenolic OH excluding ortho intramolecular Hbond substituents is 1. The van der Waals surface area contributed by atoms with Gasteiger partial charge in [0.2, 0.25) is 0 Å². The molecular formula is C39H54N4O5. The molecule has 3 aliphatic rings. The largest absolute Gasteiger partial charge is 0.504 e. The van der Waals surface area contributed by atoms with Crippen LogP contribution >= 0.6 is 0 Å². The van der Waals surface area contributed by atoms with Crippen LogP contribution < -0.4 is 21.1 Å². The van der Waals surface area contributed by atoms with Crippen molar-refractivity contribution in [1.82, 2.24) is 15.6 Å². The molecule has 9 atom stereocenters. The summed E-state index contributed by atoms with van der Waals surface area (Å²) in [5.74, 6) is 7.60. The number of H-pyrrole nitrogens is 1. The molecule has 9 nitrogen and oxygen atoms in total. The second-order valence-electron chi connectivity index (χ2n) is 13.8. The molecule has 48 heavy (non-hydrogen) atoms. The summed E-state index contributed by atoms with van der Waals surface area (Å²) in [6.07, 6.45) is 13.3. The molecule has 1 aromatic heterocycles. The first-order valence-corrected chi connectivity index (χ1v) is 17.7. The van der Waals surface area contributed by atoms with Crippen molar-refractivity contribution in [1.29, 1.82) is 0 Å². The van der Waals surface area contributed by atoms with Gasteiger partial charge in [0.15, 0.2) is 11.5 Å². The van der Waals surface area contributed by atoms with Gasteiger partial charge < -0.3 is 46.5 Å². The van der Waals surface area contributed by atoms with Gasteiger partial charge >= 0.3 is 0 Å². The van der Waals surface area contributed by atoms with Gasteiger partial charge in [-0.15, -0.1) is 0 Å². The number of aromatic amines is 1. The van der Waals surface area contributed by atoms with E-state index in [0.29, 0.717) is 44.1 Å². The second-order valence-corrected chi connectivity index (χ2v) is 13.8. The Hall–Kier alpha value is -3.68. The van der Waals surface area contributed by atoms with Crippen LogP contribution in [-0.4, -0.2) is 69.5 Å². The fourth-order valence-electron chi connectivity index (χ4n) is 7.29. The first kappa shape index (κ1) is 35.6. The average Bonchev–Trinajstić information content (AvgIpc) is 3.52. The zero-order valence-corrected chi connectivity index (χ0v) is 28.3. The SMILES string of the molecule is CCC1C#CC2C=CC(c3ccc(O)c(OCCC(Cc4ccc[nH]4)C4=CCNC(N)=C4)c3)CC(O)C2C(O)CCC(NCC(C)O)C1. The second kappa shape index (κ2) is 17.1. The lowest BCUT2D eigenvalue weighted by Gasteiger charge is -2.32. The smallest absolute Gasteiger partial charge is 0.161 e. The molecule has 0 amide bonds. The summed E-state index contributed by atoms with van der Waals surface area (Å²) in [5.41, 5.74) is 9.32. The number of ether oxygens (including phenoxy) is 1. The first-order valence-electron chi connectivity index (χ1n) is 17.7. The van der Waals surface area contributed by atoms with Gasteiger partial charge in [0.25, 0.3) is 0 Å². The summed E-state index contributed by atoms with van der Waals surface area (Å²) in [5, 5.41) is 50.1. The van der Waals surface area contributed by atoms with Gasteiger partial charge in [0.05, 0.1) is 30.7 Å². The fourth-order valence-corrected chi connectivity index (χ4v) is 7.29. The van der Waals surface area contributed by atoms with E-state index in [9.17, 15) is 20.4 Å². The van der Waals surface area contributed by atoms with Crippen molar-refractivity contribution in [2.75, 3.05) is 19.7 Å². The van der Waals surface area contributed by atoms with Crippen LogP contribution in [0.15, 0.2) is 72.2 Å². The molecule has 0 spiro atoms. The number of aromatic nitrogens is 1. The highest BCUT2D eigenvalue weighted by Gasteiger charge is 2.37. The van der Waals surface area contributed by atoms with Crippen LogP contribution in [-0.2, 0) is 6.42 Å². The summed E-state index contributed by atoms with van der Waals surface area (Å²) in [4.78, 5) is 3.30. The van der Waals surface area contributed by atoms with E-state index in [1.165, 1.54) is 5.57 Å². The molecular weight excluding hydrogens is 604 g/mol.